The molecule has 0 N–H and O–H groups in total. The van der Waals surface area contributed by atoms with Gasteiger partial charge in [-0.3, -0.25) is 4.57 Å². The van der Waals surface area contributed by atoms with Crippen molar-refractivity contribution < 1.29 is 0 Å². The third kappa shape index (κ3) is 4.29. The largest absolute Gasteiger partial charge is 0.309 e. The van der Waals surface area contributed by atoms with E-state index < -0.39 is 0 Å². The van der Waals surface area contributed by atoms with Crippen molar-refractivity contribution in [3.05, 3.63) is 194 Å². The van der Waals surface area contributed by atoms with Crippen LogP contribution < -0.4 is 0 Å². The van der Waals surface area contributed by atoms with Crippen LogP contribution in [0, 0.1) is 0 Å². The van der Waals surface area contributed by atoms with Crippen molar-refractivity contribution in [2.24, 2.45) is 0 Å². The second-order valence-corrected chi connectivity index (χ2v) is 15.3. The van der Waals surface area contributed by atoms with Gasteiger partial charge in [-0.2, -0.15) is 0 Å². The Balaban J connectivity index is 1.23. The Morgan fingerprint density at radius 1 is 0.328 bits per heavy atom. The van der Waals surface area contributed by atoms with Crippen molar-refractivity contribution in [2.75, 3.05) is 0 Å². The topological polar surface area (TPSA) is 35.6 Å². The zero-order valence-corrected chi connectivity index (χ0v) is 31.3. The molecule has 0 bridgehead atoms. The Hall–Kier alpha value is -7.82. The number of rotatable bonds is 4. The third-order valence-electron chi connectivity index (χ3n) is 12.2. The Morgan fingerprint density at radius 3 is 1.57 bits per heavy atom. The summed E-state index contributed by atoms with van der Waals surface area (Å²) < 4.78 is 4.85. The molecular weight excluding hydrogens is 705 g/mol. The lowest BCUT2D eigenvalue weighted by molar-refractivity contribution is 1.08. The number of benzene rings is 9. The van der Waals surface area contributed by atoms with E-state index in [0.717, 1.165) is 55.6 Å². The Morgan fingerprint density at radius 2 is 0.862 bits per heavy atom. The molecule has 0 aliphatic carbocycles. The van der Waals surface area contributed by atoms with Crippen LogP contribution in [0.5, 0.6) is 0 Å². The molecular formula is C54H32N4. The minimum atomic E-state index is 0.817. The molecule has 3 heterocycles. The summed E-state index contributed by atoms with van der Waals surface area (Å²) in [5, 5.41) is 12.1. The molecule has 0 aliphatic heterocycles. The maximum absolute atomic E-state index is 5.59. The first-order valence-electron chi connectivity index (χ1n) is 19.8. The summed E-state index contributed by atoms with van der Waals surface area (Å²) in [6, 6.07) is 70.0. The highest BCUT2D eigenvalue weighted by Gasteiger charge is 2.26. The number of fused-ring (bicyclic) bond motifs is 6. The fourth-order valence-corrected chi connectivity index (χ4v) is 9.79. The molecule has 58 heavy (non-hydrogen) atoms. The van der Waals surface area contributed by atoms with E-state index >= 15 is 0 Å². The number of hydrogen-bond acceptors (Lipinski definition) is 2. The first-order chi connectivity index (χ1) is 28.8. The van der Waals surface area contributed by atoms with E-state index in [1.54, 1.807) is 0 Å². The minimum absolute atomic E-state index is 0.817. The Kier molecular flexibility index (Phi) is 6.41. The molecule has 3 aromatic heterocycles. The van der Waals surface area contributed by atoms with Crippen molar-refractivity contribution in [3.63, 3.8) is 0 Å². The van der Waals surface area contributed by atoms with Gasteiger partial charge in [0.1, 0.15) is 5.69 Å². The summed E-state index contributed by atoms with van der Waals surface area (Å²) in [7, 11) is 0. The molecule has 13 rings (SSSR count). The fraction of sp³-hybridized carbons (Fsp3) is 0. The lowest BCUT2D eigenvalue weighted by atomic mass is 9.95. The van der Waals surface area contributed by atoms with Gasteiger partial charge in [0.15, 0.2) is 5.82 Å². The number of aromatic nitrogens is 4. The summed E-state index contributed by atoms with van der Waals surface area (Å²) in [6.07, 6.45) is 0. The van der Waals surface area contributed by atoms with Crippen LogP contribution in [-0.2, 0) is 0 Å². The molecule has 0 saturated heterocycles. The van der Waals surface area contributed by atoms with Crippen molar-refractivity contribution >= 4 is 87.0 Å². The summed E-state index contributed by atoms with van der Waals surface area (Å²) in [5.41, 5.74) is 11.7. The van der Waals surface area contributed by atoms with E-state index in [1.165, 1.54) is 65.3 Å². The summed E-state index contributed by atoms with van der Waals surface area (Å²) >= 11 is 0. The minimum Gasteiger partial charge on any atom is -0.309 e. The smallest absolute Gasteiger partial charge is 0.165 e. The molecule has 268 valence electrons. The van der Waals surface area contributed by atoms with Gasteiger partial charge in [-0.05, 0) is 80.5 Å². The van der Waals surface area contributed by atoms with Gasteiger partial charge in [0.05, 0.1) is 33.1 Å². The standard InChI is InChI=1S/C54H32N4/c1-3-14-33(15-4-1)36-19-11-20-37(32-36)57-44-26-12-24-41-39-22-9-10-23-40(39)42-25-13-27-45-49(42)51-47(31-30-46(57)50(51)48(41)44)58(45)54-52(35-17-5-2-6-18-35)56-53-38-21-8-7-16-34(38)28-29-43(53)55-54/h1-32H. The van der Waals surface area contributed by atoms with Gasteiger partial charge < -0.3 is 4.57 Å². The molecule has 0 spiro atoms. The molecule has 0 atom stereocenters. The van der Waals surface area contributed by atoms with Crippen LogP contribution in [0.4, 0.5) is 0 Å². The predicted molar refractivity (Wildman–Crippen MR) is 243 cm³/mol. The SMILES string of the molecule is c1ccc(-c2cccc(-n3c4cccc5c6ccccc6c6cccc7c6c6c(c54)c3ccc6n7-c3nc4ccc5ccccc5c4nc3-c3ccccc3)c2)cc1. The zero-order chi connectivity index (χ0) is 37.9. The van der Waals surface area contributed by atoms with E-state index in [1.807, 2.05) is 0 Å². The molecule has 0 radical (unpaired) electrons. The van der Waals surface area contributed by atoms with Gasteiger partial charge >= 0.3 is 0 Å². The second kappa shape index (κ2) is 11.8. The molecule has 0 aliphatic rings. The molecule has 0 saturated carbocycles. The summed E-state index contributed by atoms with van der Waals surface area (Å²) in [5.74, 6) is 0.817. The van der Waals surface area contributed by atoms with Gasteiger partial charge in [-0.25, -0.2) is 9.97 Å². The van der Waals surface area contributed by atoms with E-state index in [9.17, 15) is 0 Å². The van der Waals surface area contributed by atoms with Crippen LogP contribution in [0.25, 0.3) is 121 Å². The fourth-order valence-electron chi connectivity index (χ4n) is 9.79. The van der Waals surface area contributed by atoms with Crippen LogP contribution in [0.1, 0.15) is 0 Å². The molecule has 0 fully saturated rings. The van der Waals surface area contributed by atoms with E-state index in [4.69, 9.17) is 9.97 Å². The maximum Gasteiger partial charge on any atom is 0.165 e. The zero-order valence-electron chi connectivity index (χ0n) is 31.3. The molecule has 0 amide bonds. The van der Waals surface area contributed by atoms with Crippen LogP contribution in [0.3, 0.4) is 0 Å². The van der Waals surface area contributed by atoms with Crippen LogP contribution in [0.15, 0.2) is 194 Å². The normalized spacial score (nSPS) is 12.1. The average molecular weight is 737 g/mol. The predicted octanol–water partition coefficient (Wildman–Crippen LogP) is 14.1. The van der Waals surface area contributed by atoms with E-state index in [0.29, 0.717) is 0 Å². The maximum atomic E-state index is 5.59. The monoisotopic (exact) mass is 736 g/mol. The highest BCUT2D eigenvalue weighted by molar-refractivity contribution is 6.39. The lowest BCUT2D eigenvalue weighted by Crippen LogP contribution is -2.04. The van der Waals surface area contributed by atoms with Crippen LogP contribution >= 0.6 is 0 Å². The lowest BCUT2D eigenvalue weighted by Gasteiger charge is -2.15. The molecule has 13 aromatic rings. The van der Waals surface area contributed by atoms with Crippen molar-refractivity contribution in [2.45, 2.75) is 0 Å². The van der Waals surface area contributed by atoms with E-state index in [2.05, 4.69) is 203 Å². The number of hydrogen-bond donors (Lipinski definition) is 0. The van der Waals surface area contributed by atoms with Crippen molar-refractivity contribution in [1.82, 2.24) is 19.1 Å². The van der Waals surface area contributed by atoms with E-state index in [-0.39, 0.29) is 0 Å². The molecule has 4 nitrogen and oxygen atoms in total. The van der Waals surface area contributed by atoms with Gasteiger partial charge in [0, 0.05) is 38.2 Å². The van der Waals surface area contributed by atoms with Gasteiger partial charge in [-0.1, -0.05) is 152 Å². The van der Waals surface area contributed by atoms with Gasteiger partial charge in [0.25, 0.3) is 0 Å². The highest BCUT2D eigenvalue weighted by atomic mass is 15.1. The van der Waals surface area contributed by atoms with Crippen molar-refractivity contribution in [1.29, 1.82) is 0 Å². The molecule has 0 unspecified atom stereocenters. The Labute approximate surface area is 332 Å². The third-order valence-corrected chi connectivity index (χ3v) is 12.2. The Bertz CT molecular complexity index is 3780. The number of nitrogens with zero attached hydrogens (tertiary/aromatic N) is 4. The van der Waals surface area contributed by atoms with Crippen LogP contribution in [-0.4, -0.2) is 19.1 Å². The summed E-state index contributed by atoms with van der Waals surface area (Å²) in [4.78, 5) is 11.1. The molecule has 10 aromatic carbocycles. The highest BCUT2D eigenvalue weighted by Crippen LogP contribution is 2.48. The quantitative estimate of drug-likeness (QED) is 0.169. The van der Waals surface area contributed by atoms with Gasteiger partial charge in [-0.15, -0.1) is 0 Å². The van der Waals surface area contributed by atoms with Crippen LogP contribution in [0.2, 0.25) is 0 Å². The van der Waals surface area contributed by atoms with Gasteiger partial charge in [0.2, 0.25) is 0 Å². The first-order valence-corrected chi connectivity index (χ1v) is 19.8. The first kappa shape index (κ1) is 31.4. The average Bonchev–Trinajstić information content (AvgIpc) is 3.82. The second-order valence-electron chi connectivity index (χ2n) is 15.3. The van der Waals surface area contributed by atoms with Crippen molar-refractivity contribution in [3.8, 4) is 33.9 Å². The molecule has 4 heteroatoms. The summed E-state index contributed by atoms with van der Waals surface area (Å²) in [6.45, 7) is 0.